The zero-order valence-electron chi connectivity index (χ0n) is 39.0. The van der Waals surface area contributed by atoms with E-state index < -0.39 is 41.2 Å². The van der Waals surface area contributed by atoms with Crippen LogP contribution in [0, 0.1) is 18.2 Å². The van der Waals surface area contributed by atoms with Crippen LogP contribution in [-0.4, -0.2) is 132 Å². The van der Waals surface area contributed by atoms with Gasteiger partial charge >= 0.3 is 0 Å². The molecule has 1 aliphatic rings. The zero-order chi connectivity index (χ0) is 49.0. The molecule has 68 heavy (non-hydrogen) atoms. The number of aryl methyl sites for hydroxylation is 1. The number of allylic oxidation sites excluding steroid dienone is 1. The second-order valence-electron chi connectivity index (χ2n) is 17.6. The number of aliphatic hydroxyl groups is 1. The number of anilines is 2. The monoisotopic (exact) mass is 972 g/mol. The average molecular weight is 974 g/mol. The highest BCUT2D eigenvalue weighted by atomic mass is 35.5. The molecule has 5 aromatic rings. The summed E-state index contributed by atoms with van der Waals surface area (Å²) >= 11 is 7.53. The number of aliphatic hydroxyl groups excluding tert-OH is 1. The first-order chi connectivity index (χ1) is 32.5. The van der Waals surface area contributed by atoms with Crippen LogP contribution in [0.4, 0.5) is 15.9 Å². The standard InChI is InChI=1S/C49H58ClFN8O8S/c1-30-44(68-29-55-30)32-11-9-31(10-12-32)25-52-47(63)41-23-36(61)26-59(41)48(64)45(49(2,3)4)57-43(62)27-67-19-18-66-17-16-58(5)15-7-8-35(60)20-33-21-37-40(24-42(33)65-6)53-28-54-46(37)56-34-13-14-39(51)38(50)22-34/h7-14,21-22,24,28-29,36,41,45,61H,15-20,23,25-27H2,1-6H3,(H,52,63)(H,57,62)(H,53,54,56)/b8-7+/t36-,41-,45+/m0/s1. The molecule has 4 N–H and O–H groups in total. The number of carbonyl (C=O) groups is 4. The lowest BCUT2D eigenvalue weighted by molar-refractivity contribution is -0.144. The number of carbonyl (C=O) groups excluding carboxylic acids is 4. The van der Waals surface area contributed by atoms with Crippen molar-refractivity contribution in [1.29, 1.82) is 0 Å². The summed E-state index contributed by atoms with van der Waals surface area (Å²) in [6, 6.07) is 13.7. The minimum atomic E-state index is -0.985. The molecule has 2 aromatic heterocycles. The maximum absolute atomic E-state index is 14.0. The third kappa shape index (κ3) is 14.1. The second-order valence-corrected chi connectivity index (χ2v) is 18.8. The van der Waals surface area contributed by atoms with E-state index in [4.69, 9.17) is 25.8 Å². The molecule has 0 saturated carbocycles. The number of likely N-dealkylation sites (N-methyl/N-ethyl adjacent to an activating group) is 1. The maximum Gasteiger partial charge on any atom is 0.246 e. The molecule has 0 radical (unpaired) electrons. The van der Waals surface area contributed by atoms with Crippen molar-refractivity contribution in [3.63, 3.8) is 0 Å². The molecule has 1 fully saturated rings. The molecule has 3 aromatic carbocycles. The highest BCUT2D eigenvalue weighted by Crippen LogP contribution is 2.32. The summed E-state index contributed by atoms with van der Waals surface area (Å²) in [6.45, 7) is 9.11. The van der Waals surface area contributed by atoms with Crippen molar-refractivity contribution < 1.29 is 42.9 Å². The van der Waals surface area contributed by atoms with Gasteiger partial charge in [0.05, 0.1) is 59.7 Å². The number of fused-ring (bicyclic) bond motifs is 1. The number of hydrogen-bond donors (Lipinski definition) is 4. The zero-order valence-corrected chi connectivity index (χ0v) is 40.6. The van der Waals surface area contributed by atoms with Gasteiger partial charge in [-0.3, -0.25) is 19.2 Å². The normalized spacial score (nSPS) is 15.5. The van der Waals surface area contributed by atoms with Gasteiger partial charge in [-0.2, -0.15) is 0 Å². The number of methoxy groups -OCH3 is 1. The van der Waals surface area contributed by atoms with E-state index in [1.165, 1.54) is 36.5 Å². The van der Waals surface area contributed by atoms with Crippen molar-refractivity contribution in [2.75, 3.05) is 65.5 Å². The third-order valence-electron chi connectivity index (χ3n) is 11.2. The van der Waals surface area contributed by atoms with E-state index in [-0.39, 0.29) is 62.5 Å². The second kappa shape index (κ2) is 23.9. The van der Waals surface area contributed by atoms with Gasteiger partial charge in [-0.25, -0.2) is 19.3 Å². The van der Waals surface area contributed by atoms with Crippen molar-refractivity contribution in [1.82, 2.24) is 35.4 Å². The lowest BCUT2D eigenvalue weighted by Gasteiger charge is -2.35. The molecule has 0 unspecified atom stereocenters. The largest absolute Gasteiger partial charge is 0.496 e. The topological polar surface area (TPSA) is 197 Å². The number of ether oxygens (including phenoxy) is 3. The van der Waals surface area contributed by atoms with Crippen LogP contribution in [0.5, 0.6) is 5.75 Å². The summed E-state index contributed by atoms with van der Waals surface area (Å²) in [4.78, 5) is 70.9. The Bertz CT molecular complexity index is 2590. The van der Waals surface area contributed by atoms with Crippen molar-refractivity contribution in [2.24, 2.45) is 5.41 Å². The fourth-order valence-corrected chi connectivity index (χ4v) is 8.55. The van der Waals surface area contributed by atoms with Gasteiger partial charge in [0.25, 0.3) is 0 Å². The highest BCUT2D eigenvalue weighted by molar-refractivity contribution is 7.13. The predicted octanol–water partition coefficient (Wildman–Crippen LogP) is 6.05. The lowest BCUT2D eigenvalue weighted by Crippen LogP contribution is -2.58. The van der Waals surface area contributed by atoms with Crippen LogP contribution in [0.2, 0.25) is 5.02 Å². The summed E-state index contributed by atoms with van der Waals surface area (Å²) in [6.07, 6.45) is 3.96. The number of aromatic nitrogens is 3. The van der Waals surface area contributed by atoms with Crippen LogP contribution in [0.25, 0.3) is 21.3 Å². The Hall–Kier alpha value is -5.89. The van der Waals surface area contributed by atoms with Gasteiger partial charge in [0.1, 0.15) is 42.4 Å². The summed E-state index contributed by atoms with van der Waals surface area (Å²) in [5.74, 6) is -1.06. The molecule has 362 valence electrons. The first kappa shape index (κ1) is 51.5. The molecular weight excluding hydrogens is 915 g/mol. The summed E-state index contributed by atoms with van der Waals surface area (Å²) in [5.41, 5.74) is 5.74. The van der Waals surface area contributed by atoms with Crippen molar-refractivity contribution in [3.05, 3.63) is 106 Å². The third-order valence-corrected chi connectivity index (χ3v) is 12.5. The van der Waals surface area contributed by atoms with Gasteiger partial charge < -0.3 is 45.1 Å². The molecule has 0 aliphatic carbocycles. The van der Waals surface area contributed by atoms with Crippen LogP contribution in [0.3, 0.4) is 0 Å². The Labute approximate surface area is 404 Å². The number of thiazole rings is 1. The molecule has 6 rings (SSSR count). The Morgan fingerprint density at radius 1 is 1.04 bits per heavy atom. The Morgan fingerprint density at radius 2 is 1.81 bits per heavy atom. The van der Waals surface area contributed by atoms with E-state index in [2.05, 4.69) is 30.9 Å². The molecule has 1 aliphatic heterocycles. The molecule has 0 spiro atoms. The molecule has 3 heterocycles. The van der Waals surface area contributed by atoms with Crippen LogP contribution < -0.4 is 20.7 Å². The first-order valence-corrected chi connectivity index (χ1v) is 23.4. The predicted molar refractivity (Wildman–Crippen MR) is 259 cm³/mol. The first-order valence-electron chi connectivity index (χ1n) is 22.1. The van der Waals surface area contributed by atoms with E-state index in [0.29, 0.717) is 53.4 Å². The van der Waals surface area contributed by atoms with E-state index in [9.17, 15) is 28.7 Å². The van der Waals surface area contributed by atoms with Crippen molar-refractivity contribution in [2.45, 2.75) is 65.3 Å². The minimum Gasteiger partial charge on any atom is -0.496 e. The van der Waals surface area contributed by atoms with E-state index in [0.717, 1.165) is 21.7 Å². The van der Waals surface area contributed by atoms with E-state index in [1.54, 1.807) is 41.1 Å². The fourth-order valence-electron chi connectivity index (χ4n) is 7.56. The molecular formula is C49H58ClFN8O8S. The fraction of sp³-hybridized carbons (Fsp3) is 0.408. The minimum absolute atomic E-state index is 0.0308. The Balaban J connectivity index is 0.892. The lowest BCUT2D eigenvalue weighted by atomic mass is 9.85. The summed E-state index contributed by atoms with van der Waals surface area (Å²) in [5, 5.41) is 20.0. The van der Waals surface area contributed by atoms with Gasteiger partial charge in [-0.1, -0.05) is 62.7 Å². The highest BCUT2D eigenvalue weighted by Gasteiger charge is 2.44. The van der Waals surface area contributed by atoms with Crippen LogP contribution in [0.1, 0.15) is 44.0 Å². The maximum atomic E-state index is 14.0. The number of nitrogens with zero attached hydrogens (tertiary/aromatic N) is 5. The number of nitrogens with one attached hydrogen (secondary N) is 3. The summed E-state index contributed by atoms with van der Waals surface area (Å²) < 4.78 is 30.5. The number of halogens is 2. The molecule has 16 nitrogen and oxygen atoms in total. The Kier molecular flexibility index (Phi) is 18.1. The number of β-amino-alcohol motifs (C(OH)–C–C–N with tert-alkyl or cyclic N) is 1. The van der Waals surface area contributed by atoms with Crippen molar-refractivity contribution in [3.8, 4) is 16.2 Å². The number of likely N-dealkylation sites (tertiary alicyclic amines) is 1. The van der Waals surface area contributed by atoms with Gasteiger partial charge in [-0.05, 0) is 60.9 Å². The molecule has 19 heteroatoms. The van der Waals surface area contributed by atoms with E-state index >= 15 is 0 Å². The molecule has 3 amide bonds. The van der Waals surface area contributed by atoms with Crippen LogP contribution in [0.15, 0.2) is 78.6 Å². The van der Waals surface area contributed by atoms with Crippen LogP contribution >= 0.6 is 22.9 Å². The van der Waals surface area contributed by atoms with Crippen molar-refractivity contribution >= 4 is 68.9 Å². The quantitative estimate of drug-likeness (QED) is 0.0463. The van der Waals surface area contributed by atoms with Gasteiger partial charge in [0.15, 0.2) is 5.78 Å². The Morgan fingerprint density at radius 3 is 2.51 bits per heavy atom. The van der Waals surface area contributed by atoms with Gasteiger partial charge in [0.2, 0.25) is 17.7 Å². The molecule has 1 saturated heterocycles. The average Bonchev–Trinajstić information content (AvgIpc) is 3.92. The number of ketones is 1. The number of rotatable bonds is 22. The molecule has 0 bridgehead atoms. The van der Waals surface area contributed by atoms with Crippen LogP contribution in [-0.2, 0) is 41.6 Å². The van der Waals surface area contributed by atoms with Gasteiger partial charge in [0, 0.05) is 61.7 Å². The molecule has 3 atom stereocenters. The number of amides is 3. The number of benzene rings is 3. The number of hydrogen-bond acceptors (Lipinski definition) is 14. The summed E-state index contributed by atoms with van der Waals surface area (Å²) in [7, 11) is 3.42. The SMILES string of the molecule is COc1cc2ncnc(Nc3ccc(F)c(Cl)c3)c2cc1CC(=O)/C=C/CN(C)CCOCCOCC(=O)N[C@H](C(=O)N1C[C@@H](O)C[C@H]1C(=O)NCc1ccc(-c2scnc2C)cc1)C(C)(C)C. The van der Waals surface area contributed by atoms with Gasteiger partial charge in [-0.15, -0.1) is 11.3 Å². The smallest absolute Gasteiger partial charge is 0.246 e. The van der Waals surface area contributed by atoms with E-state index in [1.807, 2.05) is 63.9 Å².